The van der Waals surface area contributed by atoms with E-state index in [2.05, 4.69) is 26.0 Å². The maximum atomic E-state index is 13.9. The van der Waals surface area contributed by atoms with Gasteiger partial charge in [0.1, 0.15) is 10.7 Å². The van der Waals surface area contributed by atoms with Crippen molar-refractivity contribution in [1.82, 2.24) is 0 Å². The molecule has 0 aliphatic heterocycles. The van der Waals surface area contributed by atoms with E-state index in [9.17, 15) is 17.6 Å². The highest BCUT2D eigenvalue weighted by atomic mass is 79.9. The standard InChI is InChI=1S/C19H13BrClFN2O3S/c20-13-7-9-17(16(22)11-13)23-19(25)12-6-8-15(21)18(10-12)28(26,27)24-14-4-2-1-3-5-14/h1-11,24H,(H,23,25). The molecule has 0 aliphatic carbocycles. The molecule has 28 heavy (non-hydrogen) atoms. The summed E-state index contributed by atoms with van der Waals surface area (Å²) in [6.45, 7) is 0. The molecule has 3 aromatic carbocycles. The predicted molar refractivity (Wildman–Crippen MR) is 111 cm³/mol. The molecular formula is C19H13BrClFN2O3S. The lowest BCUT2D eigenvalue weighted by atomic mass is 10.2. The highest BCUT2D eigenvalue weighted by Crippen LogP contribution is 2.26. The molecule has 0 spiro atoms. The van der Waals surface area contributed by atoms with Crippen molar-refractivity contribution in [2.45, 2.75) is 4.90 Å². The second-order valence-electron chi connectivity index (χ2n) is 5.70. The number of sulfonamides is 1. The van der Waals surface area contributed by atoms with Gasteiger partial charge in [0.05, 0.1) is 10.7 Å². The van der Waals surface area contributed by atoms with E-state index in [1.807, 2.05) is 0 Å². The first-order valence-electron chi connectivity index (χ1n) is 7.90. The van der Waals surface area contributed by atoms with Crippen LogP contribution in [-0.2, 0) is 10.0 Å². The minimum Gasteiger partial charge on any atom is -0.319 e. The molecule has 2 N–H and O–H groups in total. The SMILES string of the molecule is O=C(Nc1ccc(Br)cc1F)c1ccc(Cl)c(S(=O)(=O)Nc2ccccc2)c1. The van der Waals surface area contributed by atoms with Crippen LogP contribution in [0.25, 0.3) is 0 Å². The number of carbonyl (C=O) groups is 1. The van der Waals surface area contributed by atoms with Crippen LogP contribution in [0.1, 0.15) is 10.4 Å². The number of para-hydroxylation sites is 1. The van der Waals surface area contributed by atoms with Gasteiger partial charge in [-0.1, -0.05) is 45.7 Å². The smallest absolute Gasteiger partial charge is 0.263 e. The van der Waals surface area contributed by atoms with Crippen molar-refractivity contribution >= 4 is 54.8 Å². The number of benzene rings is 3. The van der Waals surface area contributed by atoms with E-state index in [4.69, 9.17) is 11.6 Å². The predicted octanol–water partition coefficient (Wildman–Crippen LogP) is 5.29. The summed E-state index contributed by atoms with van der Waals surface area (Å²) in [4.78, 5) is 12.2. The quantitative estimate of drug-likeness (QED) is 0.517. The zero-order valence-corrected chi connectivity index (χ0v) is 17.3. The van der Waals surface area contributed by atoms with Crippen molar-refractivity contribution in [1.29, 1.82) is 0 Å². The topological polar surface area (TPSA) is 75.3 Å². The third kappa shape index (κ3) is 4.70. The fourth-order valence-electron chi connectivity index (χ4n) is 2.35. The second-order valence-corrected chi connectivity index (χ2v) is 8.67. The molecule has 0 aliphatic rings. The van der Waals surface area contributed by atoms with E-state index in [1.165, 1.54) is 24.3 Å². The van der Waals surface area contributed by atoms with Crippen LogP contribution < -0.4 is 10.0 Å². The van der Waals surface area contributed by atoms with Crippen LogP contribution in [0.2, 0.25) is 5.02 Å². The Morgan fingerprint density at radius 3 is 2.39 bits per heavy atom. The maximum absolute atomic E-state index is 13.9. The molecule has 0 heterocycles. The van der Waals surface area contributed by atoms with Crippen LogP contribution in [0, 0.1) is 5.82 Å². The van der Waals surface area contributed by atoms with Crippen molar-refractivity contribution in [3.05, 3.63) is 87.6 Å². The minimum absolute atomic E-state index is 0.0140. The summed E-state index contributed by atoms with van der Waals surface area (Å²) in [5, 5.41) is 2.36. The summed E-state index contributed by atoms with van der Waals surface area (Å²) in [6, 6.07) is 16.2. The van der Waals surface area contributed by atoms with Crippen molar-refractivity contribution in [3.63, 3.8) is 0 Å². The molecule has 3 rings (SSSR count). The number of hydrogen-bond donors (Lipinski definition) is 2. The number of carbonyl (C=O) groups excluding carboxylic acids is 1. The molecule has 0 unspecified atom stereocenters. The number of hydrogen-bond acceptors (Lipinski definition) is 3. The average Bonchev–Trinajstić information content (AvgIpc) is 2.64. The third-order valence-electron chi connectivity index (χ3n) is 3.69. The number of nitrogens with one attached hydrogen (secondary N) is 2. The van der Waals surface area contributed by atoms with Crippen molar-refractivity contribution < 1.29 is 17.6 Å². The Labute approximate surface area is 174 Å². The molecule has 144 valence electrons. The highest BCUT2D eigenvalue weighted by molar-refractivity contribution is 9.10. The van der Waals surface area contributed by atoms with Gasteiger partial charge in [0.2, 0.25) is 0 Å². The number of anilines is 2. The Hall–Kier alpha value is -2.42. The zero-order valence-electron chi connectivity index (χ0n) is 14.1. The van der Waals surface area contributed by atoms with Crippen LogP contribution >= 0.6 is 27.5 Å². The van der Waals surface area contributed by atoms with Gasteiger partial charge in [-0.2, -0.15) is 0 Å². The summed E-state index contributed by atoms with van der Waals surface area (Å²) in [5.74, 6) is -1.30. The van der Waals surface area contributed by atoms with Crippen LogP contribution in [0.15, 0.2) is 76.1 Å². The Morgan fingerprint density at radius 2 is 1.71 bits per heavy atom. The third-order valence-corrected chi connectivity index (χ3v) is 6.04. The van der Waals surface area contributed by atoms with Crippen LogP contribution in [-0.4, -0.2) is 14.3 Å². The van der Waals surface area contributed by atoms with Crippen LogP contribution in [0.5, 0.6) is 0 Å². The Bertz CT molecular complexity index is 1140. The van der Waals surface area contributed by atoms with Crippen molar-refractivity contribution in [3.8, 4) is 0 Å². The Morgan fingerprint density at radius 1 is 1.00 bits per heavy atom. The normalized spacial score (nSPS) is 11.1. The van der Waals surface area contributed by atoms with E-state index in [-0.39, 0.29) is 21.2 Å². The van der Waals surface area contributed by atoms with Crippen LogP contribution in [0.3, 0.4) is 0 Å². The molecule has 0 radical (unpaired) electrons. The molecule has 5 nitrogen and oxygen atoms in total. The van der Waals surface area contributed by atoms with Crippen molar-refractivity contribution in [2.24, 2.45) is 0 Å². The summed E-state index contributed by atoms with van der Waals surface area (Å²) in [5.41, 5.74) is 0.334. The van der Waals surface area contributed by atoms with E-state index < -0.39 is 21.7 Å². The zero-order chi connectivity index (χ0) is 20.3. The molecule has 0 fully saturated rings. The van der Waals surface area contributed by atoms with E-state index in [0.717, 1.165) is 6.07 Å². The van der Waals surface area contributed by atoms with Gasteiger partial charge in [0, 0.05) is 15.7 Å². The molecule has 1 amide bonds. The number of rotatable bonds is 5. The molecular weight excluding hydrogens is 471 g/mol. The second kappa shape index (κ2) is 8.30. The first kappa shape index (κ1) is 20.3. The lowest BCUT2D eigenvalue weighted by molar-refractivity contribution is 0.102. The number of halogens is 3. The fraction of sp³-hybridized carbons (Fsp3) is 0. The highest BCUT2D eigenvalue weighted by Gasteiger charge is 2.21. The van der Waals surface area contributed by atoms with E-state index >= 15 is 0 Å². The van der Waals surface area contributed by atoms with Gasteiger partial charge in [-0.3, -0.25) is 9.52 Å². The summed E-state index contributed by atoms with van der Waals surface area (Å²) >= 11 is 9.17. The summed E-state index contributed by atoms with van der Waals surface area (Å²) in [6.07, 6.45) is 0. The molecule has 0 saturated carbocycles. The van der Waals surface area contributed by atoms with Gasteiger partial charge < -0.3 is 5.32 Å². The van der Waals surface area contributed by atoms with Crippen LogP contribution in [0.4, 0.5) is 15.8 Å². The van der Waals surface area contributed by atoms with Gasteiger partial charge in [-0.15, -0.1) is 0 Å². The van der Waals surface area contributed by atoms with E-state index in [0.29, 0.717) is 10.2 Å². The van der Waals surface area contributed by atoms with Gasteiger partial charge >= 0.3 is 0 Å². The lowest BCUT2D eigenvalue weighted by Gasteiger charge is -2.12. The summed E-state index contributed by atoms with van der Waals surface area (Å²) in [7, 11) is -4.03. The molecule has 3 aromatic rings. The largest absolute Gasteiger partial charge is 0.319 e. The average molecular weight is 484 g/mol. The Kier molecular flexibility index (Phi) is 6.02. The maximum Gasteiger partial charge on any atom is 0.263 e. The van der Waals surface area contributed by atoms with Gasteiger partial charge in [0.25, 0.3) is 15.9 Å². The number of amides is 1. The minimum atomic E-state index is -4.03. The first-order valence-corrected chi connectivity index (χ1v) is 10.6. The monoisotopic (exact) mass is 482 g/mol. The fourth-order valence-corrected chi connectivity index (χ4v) is 4.27. The molecule has 0 bridgehead atoms. The molecule has 9 heteroatoms. The molecule has 0 aromatic heterocycles. The summed E-state index contributed by atoms with van der Waals surface area (Å²) < 4.78 is 42.2. The van der Waals surface area contributed by atoms with Gasteiger partial charge in [-0.05, 0) is 48.5 Å². The molecule has 0 atom stereocenters. The van der Waals surface area contributed by atoms with Gasteiger partial charge in [-0.25, -0.2) is 12.8 Å². The molecule has 0 saturated heterocycles. The Balaban J connectivity index is 1.89. The van der Waals surface area contributed by atoms with Crippen molar-refractivity contribution in [2.75, 3.05) is 10.0 Å². The first-order chi connectivity index (χ1) is 13.3. The lowest BCUT2D eigenvalue weighted by Crippen LogP contribution is -2.17. The van der Waals surface area contributed by atoms with E-state index in [1.54, 1.807) is 36.4 Å². The van der Waals surface area contributed by atoms with Gasteiger partial charge in [0.15, 0.2) is 0 Å².